The quantitative estimate of drug-likeness (QED) is 0.688. The highest BCUT2D eigenvalue weighted by Crippen LogP contribution is 2.43. The molecule has 9 heteroatoms. The minimum absolute atomic E-state index is 0.0300. The number of carbonyl (C=O) groups excluding carboxylic acids is 1. The number of benzene rings is 1. The Balaban J connectivity index is 1.57. The van der Waals surface area contributed by atoms with Gasteiger partial charge in [0.1, 0.15) is 23.1 Å². The summed E-state index contributed by atoms with van der Waals surface area (Å²) in [7, 11) is 1.29. The lowest BCUT2D eigenvalue weighted by Gasteiger charge is -2.35. The fourth-order valence-electron chi connectivity index (χ4n) is 4.27. The monoisotopic (exact) mass is 424 g/mol. The number of halogens is 4. The molecule has 1 aromatic heterocycles. The van der Waals surface area contributed by atoms with Crippen LogP contribution in [0.15, 0.2) is 35.3 Å². The highest BCUT2D eigenvalue weighted by atomic mass is 19.3. The summed E-state index contributed by atoms with van der Waals surface area (Å²) in [6, 6.07) is 5.11. The number of rotatable bonds is 5. The molecule has 1 saturated carbocycles. The van der Waals surface area contributed by atoms with Gasteiger partial charge in [-0.1, -0.05) is 0 Å². The summed E-state index contributed by atoms with van der Waals surface area (Å²) in [5.74, 6) is -5.79. The van der Waals surface area contributed by atoms with Crippen LogP contribution in [0.1, 0.15) is 30.7 Å². The summed E-state index contributed by atoms with van der Waals surface area (Å²) in [4.78, 5) is 26.6. The molecule has 0 radical (unpaired) electrons. The maximum absolute atomic E-state index is 14.4. The van der Waals surface area contributed by atoms with E-state index in [9.17, 15) is 27.2 Å². The van der Waals surface area contributed by atoms with Gasteiger partial charge in [0.05, 0.1) is 7.11 Å². The Labute approximate surface area is 169 Å². The van der Waals surface area contributed by atoms with Crippen LogP contribution in [-0.4, -0.2) is 30.1 Å². The zero-order valence-electron chi connectivity index (χ0n) is 16.2. The van der Waals surface area contributed by atoms with Crippen LogP contribution in [0, 0.1) is 17.6 Å². The smallest absolute Gasteiger partial charge is 0.274 e. The number of hydrogen-bond acceptors (Lipinski definition) is 3. The van der Waals surface area contributed by atoms with Crippen molar-refractivity contribution >= 4 is 11.6 Å². The van der Waals surface area contributed by atoms with E-state index in [2.05, 4.69) is 0 Å². The van der Waals surface area contributed by atoms with Crippen LogP contribution >= 0.6 is 0 Å². The standard InChI is InChI=1S/C21H20F4N2O3/c1-30-14-6-15(22)19(16(23)7-14)13-5-18(28)27(11-13)17-3-2-4-26(20(17)29)10-12-8-21(24,25)9-12/h2-4,6-7,12-13H,5,8-11H2,1H3. The second kappa shape index (κ2) is 7.45. The number of carbonyl (C=O) groups is 1. The van der Waals surface area contributed by atoms with Crippen molar-refractivity contribution < 1.29 is 27.1 Å². The Morgan fingerprint density at radius 3 is 2.43 bits per heavy atom. The van der Waals surface area contributed by atoms with Gasteiger partial charge in [0.2, 0.25) is 11.8 Å². The molecule has 160 valence electrons. The van der Waals surface area contributed by atoms with Gasteiger partial charge < -0.3 is 14.2 Å². The molecule has 1 aliphatic heterocycles. The fourth-order valence-corrected chi connectivity index (χ4v) is 4.27. The van der Waals surface area contributed by atoms with Gasteiger partial charge in [-0.15, -0.1) is 0 Å². The topological polar surface area (TPSA) is 51.5 Å². The average molecular weight is 424 g/mol. The van der Waals surface area contributed by atoms with Gasteiger partial charge in [-0.3, -0.25) is 9.59 Å². The number of ether oxygens (including phenoxy) is 1. The molecule has 0 bridgehead atoms. The lowest BCUT2D eigenvalue weighted by Crippen LogP contribution is -2.40. The second-order valence-corrected chi connectivity index (χ2v) is 7.89. The first kappa shape index (κ1) is 20.4. The van der Waals surface area contributed by atoms with Crippen LogP contribution in [0.3, 0.4) is 0 Å². The lowest BCUT2D eigenvalue weighted by atomic mass is 9.81. The van der Waals surface area contributed by atoms with Crippen LogP contribution in [-0.2, 0) is 11.3 Å². The van der Waals surface area contributed by atoms with Crippen LogP contribution in [0.4, 0.5) is 23.2 Å². The van der Waals surface area contributed by atoms with Crippen LogP contribution in [0.5, 0.6) is 5.75 Å². The van der Waals surface area contributed by atoms with Gasteiger partial charge in [0.25, 0.3) is 5.56 Å². The maximum atomic E-state index is 14.4. The summed E-state index contributed by atoms with van der Waals surface area (Å²) in [6.45, 7) is 0.0786. The van der Waals surface area contributed by atoms with Gasteiger partial charge in [0.15, 0.2) is 0 Å². The van der Waals surface area contributed by atoms with E-state index in [0.29, 0.717) is 0 Å². The maximum Gasteiger partial charge on any atom is 0.274 e. The van der Waals surface area contributed by atoms with Crippen molar-refractivity contribution in [1.82, 2.24) is 4.57 Å². The van der Waals surface area contributed by atoms with Crippen LogP contribution in [0.25, 0.3) is 0 Å². The van der Waals surface area contributed by atoms with E-state index >= 15 is 0 Å². The van der Waals surface area contributed by atoms with E-state index in [0.717, 1.165) is 12.1 Å². The molecule has 1 atom stereocenters. The van der Waals surface area contributed by atoms with Crippen molar-refractivity contribution in [3.8, 4) is 5.75 Å². The van der Waals surface area contributed by atoms with Gasteiger partial charge in [0, 0.05) is 62.2 Å². The SMILES string of the molecule is COc1cc(F)c(C2CC(=O)N(c3cccn(CC4CC(F)(F)C4)c3=O)C2)c(F)c1. The van der Waals surface area contributed by atoms with Crippen molar-refractivity contribution in [3.63, 3.8) is 0 Å². The number of amides is 1. The fraction of sp³-hybridized carbons (Fsp3) is 0.429. The average Bonchev–Trinajstić information content (AvgIpc) is 3.02. The van der Waals surface area contributed by atoms with Crippen molar-refractivity contribution in [1.29, 1.82) is 0 Å². The highest BCUT2D eigenvalue weighted by molar-refractivity contribution is 5.96. The minimum Gasteiger partial charge on any atom is -0.497 e. The number of anilines is 1. The van der Waals surface area contributed by atoms with Gasteiger partial charge in [-0.05, 0) is 18.1 Å². The summed E-state index contributed by atoms with van der Waals surface area (Å²) in [6.07, 6.45) is 0.793. The number of methoxy groups -OCH3 is 1. The van der Waals surface area contributed by atoms with E-state index < -0.39 is 34.9 Å². The molecular formula is C21H20F4N2O3. The number of hydrogen-bond donors (Lipinski definition) is 0. The zero-order chi connectivity index (χ0) is 21.6. The van der Waals surface area contributed by atoms with Crippen molar-refractivity contribution in [2.24, 2.45) is 5.92 Å². The van der Waals surface area contributed by atoms with Crippen LogP contribution in [0.2, 0.25) is 0 Å². The largest absolute Gasteiger partial charge is 0.497 e. The molecule has 2 fully saturated rings. The molecule has 0 N–H and O–H groups in total. The summed E-state index contributed by atoms with van der Waals surface area (Å²) >= 11 is 0. The van der Waals surface area contributed by atoms with E-state index in [1.807, 2.05) is 0 Å². The van der Waals surface area contributed by atoms with Gasteiger partial charge >= 0.3 is 0 Å². The minimum atomic E-state index is -2.68. The third-order valence-electron chi connectivity index (χ3n) is 5.74. The lowest BCUT2D eigenvalue weighted by molar-refractivity contribution is -0.117. The summed E-state index contributed by atoms with van der Waals surface area (Å²) < 4.78 is 61.2. The molecule has 5 nitrogen and oxygen atoms in total. The first-order chi connectivity index (χ1) is 14.2. The third-order valence-corrected chi connectivity index (χ3v) is 5.74. The summed E-state index contributed by atoms with van der Waals surface area (Å²) in [5.41, 5.74) is -0.637. The predicted octanol–water partition coefficient (Wildman–Crippen LogP) is 3.70. The summed E-state index contributed by atoms with van der Waals surface area (Å²) in [5, 5.41) is 0. The molecule has 1 amide bonds. The van der Waals surface area contributed by atoms with Crippen molar-refractivity contribution in [2.45, 2.75) is 37.6 Å². The Kier molecular flexibility index (Phi) is 5.07. The molecule has 1 unspecified atom stereocenters. The Morgan fingerprint density at radius 1 is 1.17 bits per heavy atom. The molecule has 2 heterocycles. The van der Waals surface area contributed by atoms with E-state index in [1.54, 1.807) is 6.07 Å². The third kappa shape index (κ3) is 3.68. The Hall–Kier alpha value is -2.84. The molecule has 1 aliphatic carbocycles. The highest BCUT2D eigenvalue weighted by Gasteiger charge is 2.45. The first-order valence-corrected chi connectivity index (χ1v) is 9.59. The van der Waals surface area contributed by atoms with Crippen molar-refractivity contribution in [3.05, 3.63) is 58.0 Å². The van der Waals surface area contributed by atoms with Gasteiger partial charge in [-0.2, -0.15) is 0 Å². The Bertz CT molecular complexity index is 1020. The molecule has 30 heavy (non-hydrogen) atoms. The number of nitrogens with zero attached hydrogens (tertiary/aromatic N) is 2. The molecule has 2 aromatic rings. The van der Waals surface area contributed by atoms with E-state index in [4.69, 9.17) is 4.74 Å². The van der Waals surface area contributed by atoms with E-state index in [1.165, 1.54) is 28.8 Å². The molecule has 1 aromatic carbocycles. The van der Waals surface area contributed by atoms with Crippen LogP contribution < -0.4 is 15.2 Å². The molecule has 1 saturated heterocycles. The molecular weight excluding hydrogens is 404 g/mol. The zero-order valence-corrected chi connectivity index (χ0v) is 16.2. The second-order valence-electron chi connectivity index (χ2n) is 7.89. The van der Waals surface area contributed by atoms with Crippen molar-refractivity contribution in [2.75, 3.05) is 18.6 Å². The van der Waals surface area contributed by atoms with E-state index in [-0.39, 0.29) is 55.3 Å². The molecule has 2 aliphatic rings. The normalized spacial score (nSPS) is 21.0. The Morgan fingerprint density at radius 2 is 1.83 bits per heavy atom. The number of pyridine rings is 1. The predicted molar refractivity (Wildman–Crippen MR) is 101 cm³/mol. The first-order valence-electron chi connectivity index (χ1n) is 9.59. The van der Waals surface area contributed by atoms with Gasteiger partial charge in [-0.25, -0.2) is 17.6 Å². The number of alkyl halides is 2. The molecule has 4 rings (SSSR count). The number of aromatic nitrogens is 1. The molecule has 0 spiro atoms.